The fourth-order valence-corrected chi connectivity index (χ4v) is 0.833. The number of aromatic hydroxyl groups is 1. The van der Waals surface area contributed by atoms with Gasteiger partial charge in [0.2, 0.25) is 0 Å². The van der Waals surface area contributed by atoms with Crippen LogP contribution in [0.15, 0.2) is 24.3 Å². The van der Waals surface area contributed by atoms with Crippen molar-refractivity contribution in [2.75, 3.05) is 0 Å². The number of carboxylic acid groups (broad SMARTS) is 1. The van der Waals surface area contributed by atoms with Crippen molar-refractivity contribution in [3.8, 4) is 5.75 Å². The molecule has 0 aliphatic carbocycles. The number of carbonyl (C=O) groups is 1. The molecule has 4 heteroatoms. The van der Waals surface area contributed by atoms with Crippen LogP contribution in [0.1, 0.15) is 5.56 Å². The van der Waals surface area contributed by atoms with Gasteiger partial charge in [0.15, 0.2) is 0 Å². The van der Waals surface area contributed by atoms with Crippen LogP contribution < -0.4 is 56.5 Å². The Labute approximate surface area is 113 Å². The first-order valence-corrected chi connectivity index (χ1v) is 3.16. The van der Waals surface area contributed by atoms with Gasteiger partial charge < -0.3 is 15.0 Å². The summed E-state index contributed by atoms with van der Waals surface area (Å²) in [5.41, 5.74) is 0.546. The number of phenols is 1. The van der Waals surface area contributed by atoms with E-state index >= 15 is 0 Å². The summed E-state index contributed by atoms with van der Waals surface area (Å²) in [4.78, 5) is 10.1. The molecule has 1 aromatic rings. The number of benzene rings is 1. The van der Waals surface area contributed by atoms with Crippen LogP contribution in [-0.4, -0.2) is 11.1 Å². The molecule has 58 valence electrons. The monoisotopic (exact) mass is 190 g/mol. The van der Waals surface area contributed by atoms with Gasteiger partial charge in [-0.2, -0.15) is 0 Å². The molecule has 3 nitrogen and oxygen atoms in total. The Morgan fingerprint density at radius 2 is 2.17 bits per heavy atom. The van der Waals surface area contributed by atoms with E-state index < -0.39 is 5.97 Å². The van der Waals surface area contributed by atoms with Crippen LogP contribution in [-0.2, 0) is 11.2 Å². The number of carbonyl (C=O) groups excluding carboxylic acids is 1. The Morgan fingerprint density at radius 1 is 1.50 bits per heavy atom. The van der Waals surface area contributed by atoms with Crippen LogP contribution in [0.3, 0.4) is 0 Å². The van der Waals surface area contributed by atoms with Crippen LogP contribution in [0.2, 0.25) is 0 Å². The molecule has 0 amide bonds. The van der Waals surface area contributed by atoms with Crippen molar-refractivity contribution < 1.29 is 66.4 Å². The van der Waals surface area contributed by atoms with Gasteiger partial charge in [-0.05, 0) is 17.7 Å². The molecule has 0 atom stereocenters. The Morgan fingerprint density at radius 3 is 2.67 bits per heavy atom. The summed E-state index contributed by atoms with van der Waals surface area (Å²) >= 11 is 0. The molecule has 0 heterocycles. The number of carboxylic acids is 1. The van der Waals surface area contributed by atoms with E-state index in [0.717, 1.165) is 0 Å². The fraction of sp³-hybridized carbons (Fsp3) is 0.125. The largest absolute Gasteiger partial charge is 1.00 e. The van der Waals surface area contributed by atoms with Gasteiger partial charge in [0.05, 0.1) is 0 Å². The van der Waals surface area contributed by atoms with Gasteiger partial charge in [0, 0.05) is 12.4 Å². The molecule has 0 spiro atoms. The van der Waals surface area contributed by atoms with Gasteiger partial charge >= 0.3 is 51.4 Å². The minimum Gasteiger partial charge on any atom is -0.550 e. The maximum absolute atomic E-state index is 10.1. The molecule has 0 saturated heterocycles. The molecule has 1 aromatic carbocycles. The SMILES string of the molecule is O=C([O-])Cc1cccc(O)c1.[K+]. The van der Waals surface area contributed by atoms with Gasteiger partial charge in [0.25, 0.3) is 0 Å². The van der Waals surface area contributed by atoms with Crippen molar-refractivity contribution in [1.29, 1.82) is 0 Å². The van der Waals surface area contributed by atoms with Crippen molar-refractivity contribution in [3.63, 3.8) is 0 Å². The first-order chi connectivity index (χ1) is 5.18. The molecular weight excluding hydrogens is 183 g/mol. The maximum Gasteiger partial charge on any atom is 1.00 e. The summed E-state index contributed by atoms with van der Waals surface area (Å²) in [6.07, 6.45) is -0.158. The minimum absolute atomic E-state index is 0. The molecule has 0 saturated carbocycles. The number of phenolic OH excluding ortho intramolecular Hbond substituents is 1. The van der Waals surface area contributed by atoms with E-state index in [2.05, 4.69) is 0 Å². The number of hydrogen-bond donors (Lipinski definition) is 1. The van der Waals surface area contributed by atoms with Gasteiger partial charge in [-0.3, -0.25) is 0 Å². The average molecular weight is 190 g/mol. The quantitative estimate of drug-likeness (QED) is 0.497. The predicted molar refractivity (Wildman–Crippen MR) is 36.8 cm³/mol. The minimum atomic E-state index is -1.14. The first kappa shape index (κ1) is 12.1. The van der Waals surface area contributed by atoms with E-state index in [4.69, 9.17) is 5.11 Å². The fourth-order valence-electron chi connectivity index (χ4n) is 0.833. The molecule has 0 aromatic heterocycles. The second kappa shape index (κ2) is 5.72. The van der Waals surface area contributed by atoms with Gasteiger partial charge in [-0.1, -0.05) is 12.1 Å². The summed E-state index contributed by atoms with van der Waals surface area (Å²) in [6.45, 7) is 0. The Kier molecular flexibility index (Phi) is 5.78. The van der Waals surface area contributed by atoms with E-state index in [1.807, 2.05) is 0 Å². The molecule has 0 fully saturated rings. The van der Waals surface area contributed by atoms with Gasteiger partial charge in [-0.15, -0.1) is 0 Å². The third kappa shape index (κ3) is 4.23. The van der Waals surface area contributed by atoms with Crippen LogP contribution in [0.4, 0.5) is 0 Å². The van der Waals surface area contributed by atoms with E-state index in [0.29, 0.717) is 5.56 Å². The zero-order valence-corrected chi connectivity index (χ0v) is 9.90. The average Bonchev–Trinajstić information content (AvgIpc) is 1.85. The molecule has 1 N–H and O–H groups in total. The molecule has 0 aliphatic rings. The van der Waals surface area contributed by atoms with Crippen LogP contribution in [0.5, 0.6) is 5.75 Å². The van der Waals surface area contributed by atoms with Crippen LogP contribution >= 0.6 is 0 Å². The zero-order chi connectivity index (χ0) is 8.27. The Balaban J connectivity index is 0.00000121. The van der Waals surface area contributed by atoms with E-state index in [1.165, 1.54) is 12.1 Å². The molecule has 0 bridgehead atoms. The third-order valence-electron chi connectivity index (χ3n) is 1.26. The van der Waals surface area contributed by atoms with Crippen molar-refractivity contribution >= 4 is 5.97 Å². The van der Waals surface area contributed by atoms with Crippen LogP contribution in [0, 0.1) is 0 Å². The molecule has 0 aliphatic heterocycles. The molecule has 0 unspecified atom stereocenters. The summed E-state index contributed by atoms with van der Waals surface area (Å²) in [7, 11) is 0. The third-order valence-corrected chi connectivity index (χ3v) is 1.26. The van der Waals surface area contributed by atoms with Crippen molar-refractivity contribution in [3.05, 3.63) is 29.8 Å². The van der Waals surface area contributed by atoms with Crippen LogP contribution in [0.25, 0.3) is 0 Å². The molecular formula is C8H7KO3. The summed E-state index contributed by atoms with van der Waals surface area (Å²) in [5.74, 6) is -1.07. The van der Waals surface area contributed by atoms with Crippen molar-refractivity contribution in [2.24, 2.45) is 0 Å². The molecule has 0 radical (unpaired) electrons. The van der Waals surface area contributed by atoms with Gasteiger partial charge in [0.1, 0.15) is 5.75 Å². The smallest absolute Gasteiger partial charge is 0.550 e. The second-order valence-electron chi connectivity index (χ2n) is 2.22. The normalized spacial score (nSPS) is 8.67. The van der Waals surface area contributed by atoms with E-state index in [1.54, 1.807) is 12.1 Å². The Bertz CT molecular complexity index is 273. The zero-order valence-electron chi connectivity index (χ0n) is 6.78. The molecule has 12 heavy (non-hydrogen) atoms. The first-order valence-electron chi connectivity index (χ1n) is 3.16. The maximum atomic E-state index is 10.1. The van der Waals surface area contributed by atoms with E-state index in [9.17, 15) is 9.90 Å². The Hall–Kier alpha value is 0.126. The van der Waals surface area contributed by atoms with E-state index in [-0.39, 0.29) is 63.6 Å². The number of hydrogen-bond acceptors (Lipinski definition) is 3. The standard InChI is InChI=1S/C8H8O3.K/c9-7-3-1-2-6(4-7)5-8(10)11;/h1-4,9H,5H2,(H,10,11);/q;+1/p-1. The summed E-state index contributed by atoms with van der Waals surface area (Å²) in [6, 6.07) is 6.09. The second-order valence-corrected chi connectivity index (χ2v) is 2.22. The topological polar surface area (TPSA) is 60.4 Å². The number of aliphatic carboxylic acids is 1. The predicted octanol–water partition coefficient (Wildman–Crippen LogP) is -3.31. The molecule has 1 rings (SSSR count). The van der Waals surface area contributed by atoms with Crippen molar-refractivity contribution in [2.45, 2.75) is 6.42 Å². The van der Waals surface area contributed by atoms with Gasteiger partial charge in [-0.25, -0.2) is 0 Å². The number of rotatable bonds is 2. The van der Waals surface area contributed by atoms with Crippen molar-refractivity contribution in [1.82, 2.24) is 0 Å². The summed E-state index contributed by atoms with van der Waals surface area (Å²) in [5, 5.41) is 19.0. The summed E-state index contributed by atoms with van der Waals surface area (Å²) < 4.78 is 0.